The molecule has 184 valence electrons. The number of nitrogens with zero attached hydrogens (tertiary/aromatic N) is 3. The Hall–Kier alpha value is -3.28. The van der Waals surface area contributed by atoms with Gasteiger partial charge in [0, 0.05) is 23.6 Å². The smallest absolute Gasteiger partial charge is 0.387 e. The van der Waals surface area contributed by atoms with Gasteiger partial charge in [-0.25, -0.2) is 4.98 Å². The van der Waals surface area contributed by atoms with Gasteiger partial charge < -0.3 is 10.1 Å². The number of benzene rings is 2. The molecular weight excluding hydrogens is 450 g/mol. The van der Waals surface area contributed by atoms with Gasteiger partial charge in [-0.05, 0) is 70.2 Å². The molecule has 1 aliphatic heterocycles. The van der Waals surface area contributed by atoms with Crippen molar-refractivity contribution >= 4 is 17.3 Å². The van der Waals surface area contributed by atoms with Gasteiger partial charge in [0.15, 0.2) is 12.0 Å². The van der Waals surface area contributed by atoms with Crippen LogP contribution >= 0.6 is 0 Å². The summed E-state index contributed by atoms with van der Waals surface area (Å²) in [6.07, 6.45) is 3.55. The standard InChI is InChI=1S/C27H30F2N4O2/c1-4-22(32(2)3)26-31-21-13-12-18(10-11-19-7-6-14-30-16-19)15-23(21)33(26)25-20(17-34)8-5-9-24(25)35-27(28)29/h5,8-9,12-13,15,17,19,22,27,30H,4,6-7,14,16H2,1-3H3. The molecule has 1 N–H and O–H groups in total. The summed E-state index contributed by atoms with van der Waals surface area (Å²) in [6.45, 7) is 0.899. The SMILES string of the molecule is CCC(c1nc2ccc(C#CC3CCCNC3)cc2n1-c1c(C=O)cccc1OC(F)F)N(C)C. The maximum absolute atomic E-state index is 13.3. The van der Waals surface area contributed by atoms with Gasteiger partial charge in [0.05, 0.1) is 17.1 Å². The molecule has 0 radical (unpaired) electrons. The molecule has 2 unspecified atom stereocenters. The summed E-state index contributed by atoms with van der Waals surface area (Å²) >= 11 is 0. The van der Waals surface area contributed by atoms with Crippen molar-refractivity contribution in [2.45, 2.75) is 38.8 Å². The fraction of sp³-hybridized carbons (Fsp3) is 0.407. The molecule has 3 aromatic rings. The Morgan fingerprint density at radius 3 is 2.80 bits per heavy atom. The molecule has 0 bridgehead atoms. The third kappa shape index (κ3) is 5.37. The Bertz CT molecular complexity index is 1250. The molecule has 1 fully saturated rings. The van der Waals surface area contributed by atoms with Crippen LogP contribution in [-0.2, 0) is 0 Å². The van der Waals surface area contributed by atoms with E-state index in [0.29, 0.717) is 29.1 Å². The molecule has 0 amide bonds. The molecule has 2 atom stereocenters. The summed E-state index contributed by atoms with van der Waals surface area (Å²) in [5.74, 6) is 7.48. The summed E-state index contributed by atoms with van der Waals surface area (Å²) in [5.41, 5.74) is 2.66. The first-order chi connectivity index (χ1) is 16.9. The summed E-state index contributed by atoms with van der Waals surface area (Å²) in [7, 11) is 3.88. The number of fused-ring (bicyclic) bond motifs is 1. The summed E-state index contributed by atoms with van der Waals surface area (Å²) in [6, 6.07) is 10.2. The number of halogens is 2. The van der Waals surface area contributed by atoms with Crippen molar-refractivity contribution in [3.05, 3.63) is 53.3 Å². The number of piperidine rings is 1. The monoisotopic (exact) mass is 480 g/mol. The van der Waals surface area contributed by atoms with Gasteiger partial charge in [-0.3, -0.25) is 14.3 Å². The van der Waals surface area contributed by atoms with Gasteiger partial charge in [0.25, 0.3) is 0 Å². The van der Waals surface area contributed by atoms with Crippen LogP contribution < -0.4 is 10.1 Å². The largest absolute Gasteiger partial charge is 0.433 e. The molecule has 4 rings (SSSR count). The number of hydrogen-bond donors (Lipinski definition) is 1. The van der Waals surface area contributed by atoms with Gasteiger partial charge in [-0.15, -0.1) is 0 Å². The lowest BCUT2D eigenvalue weighted by atomic mass is 10.00. The minimum absolute atomic E-state index is 0.0801. The van der Waals surface area contributed by atoms with Crippen molar-refractivity contribution in [3.63, 3.8) is 0 Å². The maximum Gasteiger partial charge on any atom is 0.387 e. The second-order valence-electron chi connectivity index (χ2n) is 8.90. The number of rotatable bonds is 7. The molecule has 0 spiro atoms. The van der Waals surface area contributed by atoms with E-state index in [4.69, 9.17) is 9.72 Å². The normalized spacial score (nSPS) is 16.8. The van der Waals surface area contributed by atoms with Gasteiger partial charge in [0.1, 0.15) is 11.5 Å². The Labute approximate surface area is 204 Å². The van der Waals surface area contributed by atoms with Crippen molar-refractivity contribution in [2.75, 3.05) is 27.2 Å². The molecule has 8 heteroatoms. The van der Waals surface area contributed by atoms with Crippen LogP contribution in [-0.4, -0.2) is 54.5 Å². The lowest BCUT2D eigenvalue weighted by molar-refractivity contribution is -0.0498. The molecule has 2 heterocycles. The molecule has 0 saturated carbocycles. The lowest BCUT2D eigenvalue weighted by Gasteiger charge is -2.25. The van der Waals surface area contributed by atoms with E-state index in [1.807, 2.05) is 44.1 Å². The number of ether oxygens (including phenoxy) is 1. The third-order valence-electron chi connectivity index (χ3n) is 6.30. The number of aldehydes is 1. The van der Waals surface area contributed by atoms with Crippen molar-refractivity contribution in [3.8, 4) is 23.3 Å². The second-order valence-corrected chi connectivity index (χ2v) is 8.90. The van der Waals surface area contributed by atoms with Crippen LogP contribution in [0, 0.1) is 17.8 Å². The van der Waals surface area contributed by atoms with Crippen molar-refractivity contribution in [1.82, 2.24) is 19.8 Å². The van der Waals surface area contributed by atoms with E-state index >= 15 is 0 Å². The third-order valence-corrected chi connectivity index (χ3v) is 6.30. The zero-order valence-corrected chi connectivity index (χ0v) is 20.2. The molecule has 1 aliphatic rings. The number of carbonyl (C=O) groups is 1. The molecule has 6 nitrogen and oxygen atoms in total. The highest BCUT2D eigenvalue weighted by atomic mass is 19.3. The Kier molecular flexibility index (Phi) is 7.79. The molecular formula is C27H30F2N4O2. The second kappa shape index (κ2) is 11.0. The van der Waals surface area contributed by atoms with Crippen molar-refractivity contribution in [1.29, 1.82) is 0 Å². The lowest BCUT2D eigenvalue weighted by Crippen LogP contribution is -2.28. The van der Waals surface area contributed by atoms with E-state index in [-0.39, 0.29) is 23.0 Å². The van der Waals surface area contributed by atoms with Crippen LogP contribution in [0.5, 0.6) is 5.75 Å². The zero-order chi connectivity index (χ0) is 24.9. The number of carbonyl (C=O) groups excluding carboxylic acids is 1. The van der Waals surface area contributed by atoms with Crippen molar-refractivity contribution < 1.29 is 18.3 Å². The Morgan fingerprint density at radius 1 is 1.31 bits per heavy atom. The van der Waals surface area contributed by atoms with Crippen molar-refractivity contribution in [2.24, 2.45) is 5.92 Å². The summed E-state index contributed by atoms with van der Waals surface area (Å²) in [4.78, 5) is 18.9. The van der Waals surface area contributed by atoms with Crippen LogP contribution in [0.4, 0.5) is 8.78 Å². The molecule has 0 aliphatic carbocycles. The number of para-hydroxylation sites is 1. The number of alkyl halides is 2. The average molecular weight is 481 g/mol. The van der Waals surface area contributed by atoms with Gasteiger partial charge in [-0.2, -0.15) is 8.78 Å². The van der Waals surface area contributed by atoms with E-state index < -0.39 is 6.61 Å². The highest BCUT2D eigenvalue weighted by molar-refractivity contribution is 5.87. The van der Waals surface area contributed by atoms with Gasteiger partial charge in [0.2, 0.25) is 0 Å². The summed E-state index contributed by atoms with van der Waals surface area (Å²) in [5, 5.41) is 3.37. The van der Waals surface area contributed by atoms with E-state index in [0.717, 1.165) is 37.9 Å². The van der Waals surface area contributed by atoms with Crippen LogP contribution in [0.1, 0.15) is 54.0 Å². The van der Waals surface area contributed by atoms with Gasteiger partial charge >= 0.3 is 6.61 Å². The minimum atomic E-state index is -3.03. The molecule has 35 heavy (non-hydrogen) atoms. The fourth-order valence-corrected chi connectivity index (χ4v) is 4.63. The molecule has 1 aromatic heterocycles. The quantitative estimate of drug-likeness (QED) is 0.389. The van der Waals surface area contributed by atoms with Crippen LogP contribution in [0.3, 0.4) is 0 Å². The first-order valence-corrected chi connectivity index (χ1v) is 11.9. The minimum Gasteiger partial charge on any atom is -0.433 e. The van der Waals surface area contributed by atoms with E-state index in [1.165, 1.54) is 12.1 Å². The van der Waals surface area contributed by atoms with E-state index in [1.54, 1.807) is 10.6 Å². The number of nitrogens with one attached hydrogen (secondary N) is 1. The predicted molar refractivity (Wildman–Crippen MR) is 132 cm³/mol. The maximum atomic E-state index is 13.3. The van der Waals surface area contributed by atoms with Crippen LogP contribution in [0.2, 0.25) is 0 Å². The zero-order valence-electron chi connectivity index (χ0n) is 20.2. The summed E-state index contributed by atoms with van der Waals surface area (Å²) < 4.78 is 33.3. The number of aromatic nitrogens is 2. The van der Waals surface area contributed by atoms with Gasteiger partial charge in [-0.1, -0.05) is 24.8 Å². The highest BCUT2D eigenvalue weighted by Gasteiger charge is 2.26. The number of imidazole rings is 1. The molecule has 2 aromatic carbocycles. The number of hydrogen-bond acceptors (Lipinski definition) is 5. The first-order valence-electron chi connectivity index (χ1n) is 11.9. The van der Waals surface area contributed by atoms with Crippen LogP contribution in [0.25, 0.3) is 16.7 Å². The fourth-order valence-electron chi connectivity index (χ4n) is 4.63. The molecule has 1 saturated heterocycles. The Morgan fingerprint density at radius 2 is 2.14 bits per heavy atom. The van der Waals surface area contributed by atoms with E-state index in [2.05, 4.69) is 17.2 Å². The first kappa shape index (κ1) is 24.8. The Balaban J connectivity index is 1.95. The predicted octanol–water partition coefficient (Wildman–Crippen LogP) is 4.80. The van der Waals surface area contributed by atoms with Crippen LogP contribution in [0.15, 0.2) is 36.4 Å². The highest BCUT2D eigenvalue weighted by Crippen LogP contribution is 2.36. The average Bonchev–Trinajstić information content (AvgIpc) is 3.21. The van der Waals surface area contributed by atoms with E-state index in [9.17, 15) is 13.6 Å². The topological polar surface area (TPSA) is 59.4 Å².